The van der Waals surface area contributed by atoms with Crippen molar-refractivity contribution in [2.75, 3.05) is 25.5 Å². The van der Waals surface area contributed by atoms with Crippen LogP contribution in [-0.2, 0) is 4.79 Å². The van der Waals surface area contributed by atoms with Crippen molar-refractivity contribution in [1.82, 2.24) is 19.9 Å². The second-order valence-electron chi connectivity index (χ2n) is 8.09. The van der Waals surface area contributed by atoms with Crippen LogP contribution in [0.15, 0.2) is 54.9 Å². The molecule has 6 radical (unpaired) electrons. The van der Waals surface area contributed by atoms with Crippen molar-refractivity contribution >= 4 is 41.3 Å². The Bertz CT molecular complexity index is 1070. The molecule has 1 saturated heterocycles. The molecule has 2 aromatic heterocycles. The molecule has 0 amide bonds. The number of likely N-dealkylation sites (N-methyl/N-ethyl adjacent to an activating group) is 1. The number of carbonyl (C=O) groups is 1. The lowest BCUT2D eigenvalue weighted by Crippen LogP contribution is -2.31. The molecular formula is C23H23B3FN5O. The van der Waals surface area contributed by atoms with E-state index in [0.29, 0.717) is 11.5 Å². The summed E-state index contributed by atoms with van der Waals surface area (Å²) >= 11 is 0. The lowest BCUT2D eigenvalue weighted by atomic mass is 9.44. The molecule has 0 aliphatic carbocycles. The standard InChI is InChI=1S/C21H22FN5.C2HB3O/c1-27-10-4-6-16(14-27)21-25-19(15-5-3-9-23-13-15)12-20(26-21)24-18-8-2-7-17(22)11-18;3-2(4,5)1-6/h2-3,5,7-9,11-13,16H,4,6,10,14H2,1H3,(H,24,25,26);1H. The van der Waals surface area contributed by atoms with E-state index >= 15 is 0 Å². The van der Waals surface area contributed by atoms with Crippen LogP contribution in [-0.4, -0.2) is 69.8 Å². The highest BCUT2D eigenvalue weighted by Gasteiger charge is 2.22. The van der Waals surface area contributed by atoms with Crippen molar-refractivity contribution in [3.8, 4) is 11.3 Å². The van der Waals surface area contributed by atoms with Crippen LogP contribution in [0.25, 0.3) is 11.3 Å². The zero-order valence-electron chi connectivity index (χ0n) is 18.5. The van der Waals surface area contributed by atoms with Gasteiger partial charge in [-0.2, -0.15) is 0 Å². The van der Waals surface area contributed by atoms with Crippen molar-refractivity contribution < 1.29 is 9.18 Å². The maximum absolute atomic E-state index is 13.5. The first kappa shape index (κ1) is 24.6. The fourth-order valence-electron chi connectivity index (χ4n) is 3.47. The summed E-state index contributed by atoms with van der Waals surface area (Å²) in [6.45, 7) is 2.04. The molecule has 1 aliphatic rings. The minimum absolute atomic E-state index is 0.271. The van der Waals surface area contributed by atoms with E-state index in [1.54, 1.807) is 18.5 Å². The SMILES string of the molecule is CN1CCCC(c2nc(Nc3cccc(F)c3)cc(-c3cccnc3)n2)C1.[B]C([B])([B])C=O. The topological polar surface area (TPSA) is 71.0 Å². The molecule has 3 heterocycles. The average molecular weight is 437 g/mol. The van der Waals surface area contributed by atoms with Gasteiger partial charge in [0.15, 0.2) is 0 Å². The minimum Gasteiger partial charge on any atom is -0.340 e. The number of likely N-dealkylation sites (tertiary alicyclic amines) is 1. The number of nitrogens with one attached hydrogen (secondary N) is 1. The molecule has 1 fully saturated rings. The third-order valence-corrected chi connectivity index (χ3v) is 4.99. The van der Waals surface area contributed by atoms with Crippen molar-refractivity contribution in [2.45, 2.75) is 23.9 Å². The molecule has 0 bridgehead atoms. The number of aldehydes is 1. The molecule has 4 rings (SSSR count). The number of halogens is 1. The van der Waals surface area contributed by atoms with Gasteiger partial charge in [0.2, 0.25) is 0 Å². The Morgan fingerprint density at radius 3 is 2.61 bits per heavy atom. The van der Waals surface area contributed by atoms with E-state index in [9.17, 15) is 9.18 Å². The van der Waals surface area contributed by atoms with Gasteiger partial charge in [-0.05, 0) is 56.8 Å². The molecular weight excluding hydrogens is 414 g/mol. The summed E-state index contributed by atoms with van der Waals surface area (Å²) in [5, 5.41) is 1.58. The van der Waals surface area contributed by atoms with E-state index in [1.807, 2.05) is 24.3 Å². The summed E-state index contributed by atoms with van der Waals surface area (Å²) in [6, 6.07) is 12.2. The normalized spacial score (nSPS) is 16.4. The Balaban J connectivity index is 0.000000454. The van der Waals surface area contributed by atoms with Gasteiger partial charge in [-0.25, -0.2) is 14.4 Å². The number of benzene rings is 1. The highest BCUT2D eigenvalue weighted by molar-refractivity contribution is 6.66. The van der Waals surface area contributed by atoms with Crippen LogP contribution < -0.4 is 5.32 Å². The summed E-state index contributed by atoms with van der Waals surface area (Å²) < 4.78 is 13.5. The van der Waals surface area contributed by atoms with Crippen LogP contribution in [0, 0.1) is 5.82 Å². The first-order valence-electron chi connectivity index (χ1n) is 10.6. The number of hydrogen-bond donors (Lipinski definition) is 1. The van der Waals surface area contributed by atoms with E-state index in [-0.39, 0.29) is 18.0 Å². The summed E-state index contributed by atoms with van der Waals surface area (Å²) in [6.07, 6.45) is 6.01. The maximum Gasteiger partial charge on any atom is 0.135 e. The number of anilines is 2. The predicted octanol–water partition coefficient (Wildman–Crippen LogP) is 3.00. The first-order chi connectivity index (χ1) is 15.7. The first-order valence-corrected chi connectivity index (χ1v) is 10.6. The minimum atomic E-state index is -1.64. The lowest BCUT2D eigenvalue weighted by molar-refractivity contribution is -0.107. The maximum atomic E-state index is 13.5. The van der Waals surface area contributed by atoms with Crippen LogP contribution >= 0.6 is 0 Å². The van der Waals surface area contributed by atoms with Gasteiger partial charge in [0.25, 0.3) is 0 Å². The zero-order chi connectivity index (χ0) is 23.8. The number of hydrogen-bond acceptors (Lipinski definition) is 6. The number of nitrogens with zero attached hydrogens (tertiary/aromatic N) is 4. The quantitative estimate of drug-likeness (QED) is 0.489. The lowest BCUT2D eigenvalue weighted by Gasteiger charge is -2.29. The van der Waals surface area contributed by atoms with Gasteiger partial charge in [0, 0.05) is 42.2 Å². The van der Waals surface area contributed by atoms with E-state index < -0.39 is 5.11 Å². The third-order valence-electron chi connectivity index (χ3n) is 4.99. The van der Waals surface area contributed by atoms with E-state index in [0.717, 1.165) is 43.0 Å². The number of aromatic nitrogens is 3. The average Bonchev–Trinajstić information content (AvgIpc) is 2.79. The van der Waals surface area contributed by atoms with Gasteiger partial charge >= 0.3 is 0 Å². The summed E-state index contributed by atoms with van der Waals surface area (Å²) in [4.78, 5) is 25.5. The fraction of sp³-hybridized carbons (Fsp3) is 0.304. The fourth-order valence-corrected chi connectivity index (χ4v) is 3.47. The Morgan fingerprint density at radius 1 is 1.18 bits per heavy atom. The zero-order valence-corrected chi connectivity index (χ0v) is 18.5. The summed E-state index contributed by atoms with van der Waals surface area (Å²) in [7, 11) is 16.3. The van der Waals surface area contributed by atoms with Gasteiger partial charge in [-0.3, -0.25) is 4.98 Å². The smallest absolute Gasteiger partial charge is 0.135 e. The van der Waals surface area contributed by atoms with E-state index in [4.69, 9.17) is 33.5 Å². The van der Waals surface area contributed by atoms with E-state index in [1.165, 1.54) is 12.1 Å². The Morgan fingerprint density at radius 2 is 1.97 bits per heavy atom. The molecule has 1 aromatic carbocycles. The number of rotatable bonds is 5. The predicted molar refractivity (Wildman–Crippen MR) is 130 cm³/mol. The molecule has 6 nitrogen and oxygen atoms in total. The number of pyridine rings is 1. The molecule has 33 heavy (non-hydrogen) atoms. The Labute approximate surface area is 197 Å². The Hall–Kier alpha value is -3.00. The molecule has 1 unspecified atom stereocenters. The van der Waals surface area contributed by atoms with Gasteiger partial charge in [-0.1, -0.05) is 11.2 Å². The molecule has 3 aromatic rings. The van der Waals surface area contributed by atoms with Gasteiger partial charge in [0.05, 0.1) is 29.2 Å². The molecule has 162 valence electrons. The number of carbonyl (C=O) groups excluding carboxylic acids is 1. The summed E-state index contributed by atoms with van der Waals surface area (Å²) in [5.74, 6) is 1.49. The van der Waals surface area contributed by atoms with Crippen LogP contribution in [0.4, 0.5) is 15.9 Å². The molecule has 1 aliphatic heterocycles. The van der Waals surface area contributed by atoms with Crippen LogP contribution in [0.5, 0.6) is 0 Å². The van der Waals surface area contributed by atoms with Crippen LogP contribution in [0.2, 0.25) is 5.11 Å². The molecule has 0 saturated carbocycles. The van der Waals surface area contributed by atoms with Crippen molar-refractivity contribution in [2.24, 2.45) is 0 Å². The largest absolute Gasteiger partial charge is 0.340 e. The second kappa shape index (κ2) is 11.2. The monoisotopic (exact) mass is 437 g/mol. The van der Waals surface area contributed by atoms with Gasteiger partial charge in [-0.15, -0.1) is 0 Å². The van der Waals surface area contributed by atoms with Crippen LogP contribution in [0.1, 0.15) is 24.6 Å². The third kappa shape index (κ3) is 7.82. The highest BCUT2D eigenvalue weighted by Crippen LogP contribution is 2.28. The molecule has 10 heteroatoms. The molecule has 1 atom stereocenters. The van der Waals surface area contributed by atoms with Crippen LogP contribution in [0.3, 0.4) is 0 Å². The summed E-state index contributed by atoms with van der Waals surface area (Å²) in [5.41, 5.74) is 2.42. The Kier molecular flexibility index (Phi) is 8.39. The van der Waals surface area contributed by atoms with Gasteiger partial charge < -0.3 is 15.0 Å². The van der Waals surface area contributed by atoms with Crippen molar-refractivity contribution in [3.63, 3.8) is 0 Å². The molecule has 0 spiro atoms. The highest BCUT2D eigenvalue weighted by atomic mass is 19.1. The second-order valence-corrected chi connectivity index (χ2v) is 8.09. The van der Waals surface area contributed by atoms with E-state index in [2.05, 4.69) is 22.2 Å². The molecule has 1 N–H and O–H groups in total. The van der Waals surface area contributed by atoms with Gasteiger partial charge in [0.1, 0.15) is 23.7 Å². The van der Waals surface area contributed by atoms with Crippen molar-refractivity contribution in [3.05, 3.63) is 66.5 Å². The van der Waals surface area contributed by atoms with Crippen molar-refractivity contribution in [1.29, 1.82) is 0 Å². The number of piperidine rings is 1.